The number of nitrogens with zero attached hydrogens (tertiary/aromatic N) is 3. The Hall–Kier alpha value is -2.18. The Kier molecular flexibility index (Phi) is 4.58. The number of hydrogen-bond donors (Lipinski definition) is 0. The van der Waals surface area contributed by atoms with E-state index < -0.39 is 24.6 Å². The van der Waals surface area contributed by atoms with Crippen molar-refractivity contribution in [1.82, 2.24) is 0 Å². The number of anilines is 1. The highest BCUT2D eigenvalue weighted by atomic mass is 31.2. The van der Waals surface area contributed by atoms with Gasteiger partial charge in [-0.15, -0.1) is 0 Å². The smallest absolute Gasteiger partial charge is 0.311 e. The Bertz CT molecular complexity index is 745. The van der Waals surface area contributed by atoms with E-state index in [2.05, 4.69) is 0 Å². The van der Waals surface area contributed by atoms with E-state index >= 15 is 0 Å². The maximum absolute atomic E-state index is 13.3. The molecule has 1 aromatic carbocycles. The molecule has 1 aromatic rings. The third-order valence-corrected chi connectivity index (χ3v) is 6.60. The summed E-state index contributed by atoms with van der Waals surface area (Å²) in [6, 6.07) is 10.2. The second-order valence-electron chi connectivity index (χ2n) is 4.89. The molecule has 1 atom stereocenters. The minimum absolute atomic E-state index is 0.300. The predicted octanol–water partition coefficient (Wildman–Crippen LogP) is 2.40. The summed E-state index contributed by atoms with van der Waals surface area (Å²) >= 11 is 0. The van der Waals surface area contributed by atoms with Gasteiger partial charge in [0.25, 0.3) is 5.91 Å². The zero-order chi connectivity index (χ0) is 17.3. The maximum Gasteiger partial charge on any atom is 0.352 e. The van der Waals surface area contributed by atoms with E-state index in [-0.39, 0.29) is 0 Å². The number of amides is 1. The van der Waals surface area contributed by atoms with Gasteiger partial charge in [-0.2, -0.15) is 10.5 Å². The van der Waals surface area contributed by atoms with Gasteiger partial charge >= 0.3 is 7.60 Å². The molecule has 0 saturated carbocycles. The zero-order valence-corrected chi connectivity index (χ0v) is 13.9. The molecule has 1 heterocycles. The van der Waals surface area contributed by atoms with E-state index in [1.807, 2.05) is 0 Å². The number of fused-ring (bicyclic) bond motifs is 1. The first kappa shape index (κ1) is 17.2. The van der Waals surface area contributed by atoms with Crippen molar-refractivity contribution in [2.45, 2.75) is 12.1 Å². The van der Waals surface area contributed by atoms with Crippen LogP contribution in [0.4, 0.5) is 5.69 Å². The van der Waals surface area contributed by atoms with Crippen LogP contribution in [-0.4, -0.2) is 26.7 Å². The molecule has 2 rings (SSSR count). The molecule has 0 spiro atoms. The molecule has 0 aromatic heterocycles. The van der Waals surface area contributed by atoms with Gasteiger partial charge in [-0.25, -0.2) is 0 Å². The molecule has 1 aliphatic rings. The Morgan fingerprint density at radius 3 is 2.30 bits per heavy atom. The standard InChI is InChI=1S/C15H16N3O4P/c1-4-18-13-8-6-5-7-12(13)15(14(18)19,11(9-16)10-17)23(20,21-2)22-3/h5-8,11H,4H2,1-3H3. The summed E-state index contributed by atoms with van der Waals surface area (Å²) in [7, 11) is -1.84. The van der Waals surface area contributed by atoms with Crippen molar-refractivity contribution >= 4 is 19.2 Å². The topological polar surface area (TPSA) is 103 Å². The SMILES string of the molecule is CCN1C(=O)C(C(C#N)C#N)(P(=O)(OC)OC)c2ccccc21. The van der Waals surface area contributed by atoms with Crippen LogP contribution < -0.4 is 4.90 Å². The molecule has 0 radical (unpaired) electrons. The van der Waals surface area contributed by atoms with E-state index in [0.29, 0.717) is 17.8 Å². The van der Waals surface area contributed by atoms with Crippen molar-refractivity contribution in [3.8, 4) is 12.1 Å². The normalized spacial score (nSPS) is 20.3. The summed E-state index contributed by atoms with van der Waals surface area (Å²) in [5.41, 5.74) is 0.816. The van der Waals surface area contributed by atoms with Crippen LogP contribution in [0.25, 0.3) is 0 Å². The first-order valence-electron chi connectivity index (χ1n) is 6.90. The number of benzene rings is 1. The van der Waals surface area contributed by atoms with Crippen LogP contribution in [0.5, 0.6) is 0 Å². The van der Waals surface area contributed by atoms with Crippen LogP contribution in [0.15, 0.2) is 24.3 Å². The summed E-state index contributed by atoms with van der Waals surface area (Å²) in [6.07, 6.45) is 0. The van der Waals surface area contributed by atoms with Crippen LogP contribution in [0.3, 0.4) is 0 Å². The van der Waals surface area contributed by atoms with Gasteiger partial charge in [-0.05, 0) is 13.0 Å². The highest BCUT2D eigenvalue weighted by Crippen LogP contribution is 2.71. The lowest BCUT2D eigenvalue weighted by atomic mass is 9.87. The van der Waals surface area contributed by atoms with Crippen LogP contribution in [0, 0.1) is 28.6 Å². The molecule has 0 N–H and O–H groups in total. The lowest BCUT2D eigenvalue weighted by Gasteiger charge is -2.34. The Morgan fingerprint density at radius 1 is 1.26 bits per heavy atom. The van der Waals surface area contributed by atoms with Crippen molar-refractivity contribution in [2.75, 3.05) is 25.7 Å². The molecule has 0 fully saturated rings. The Labute approximate surface area is 134 Å². The molecule has 8 heteroatoms. The molecular formula is C15H16N3O4P. The van der Waals surface area contributed by atoms with E-state index in [4.69, 9.17) is 9.05 Å². The van der Waals surface area contributed by atoms with E-state index in [1.54, 1.807) is 43.3 Å². The molecular weight excluding hydrogens is 317 g/mol. The van der Waals surface area contributed by atoms with Gasteiger partial charge < -0.3 is 13.9 Å². The minimum Gasteiger partial charge on any atom is -0.311 e. The van der Waals surface area contributed by atoms with Crippen molar-refractivity contribution in [3.05, 3.63) is 29.8 Å². The summed E-state index contributed by atoms with van der Waals surface area (Å²) in [5, 5.41) is 16.9. The molecule has 1 unspecified atom stereocenters. The fourth-order valence-electron chi connectivity index (χ4n) is 3.06. The third kappa shape index (κ3) is 2.02. The highest BCUT2D eigenvalue weighted by molar-refractivity contribution is 7.56. The first-order valence-corrected chi connectivity index (χ1v) is 8.45. The first-order chi connectivity index (χ1) is 11.0. The summed E-state index contributed by atoms with van der Waals surface area (Å²) < 4.78 is 23.4. The fourth-order valence-corrected chi connectivity index (χ4v) is 5.05. The molecule has 23 heavy (non-hydrogen) atoms. The van der Waals surface area contributed by atoms with Gasteiger partial charge in [-0.1, -0.05) is 18.2 Å². The van der Waals surface area contributed by atoms with Crippen molar-refractivity contribution in [3.63, 3.8) is 0 Å². The quantitative estimate of drug-likeness (QED) is 0.766. The van der Waals surface area contributed by atoms with Crippen LogP contribution in [0.2, 0.25) is 0 Å². The van der Waals surface area contributed by atoms with Gasteiger partial charge in [0.2, 0.25) is 5.16 Å². The molecule has 120 valence electrons. The molecule has 0 bridgehead atoms. The Morgan fingerprint density at radius 2 is 1.83 bits per heavy atom. The summed E-state index contributed by atoms with van der Waals surface area (Å²) in [5.74, 6) is -2.14. The van der Waals surface area contributed by atoms with Crippen molar-refractivity contribution in [1.29, 1.82) is 10.5 Å². The van der Waals surface area contributed by atoms with E-state index in [0.717, 1.165) is 14.2 Å². The number of carbonyl (C=O) groups is 1. The van der Waals surface area contributed by atoms with Crippen LogP contribution in [-0.2, 0) is 23.6 Å². The second-order valence-corrected chi connectivity index (χ2v) is 7.32. The molecule has 7 nitrogen and oxygen atoms in total. The van der Waals surface area contributed by atoms with Gasteiger partial charge in [-0.3, -0.25) is 9.36 Å². The number of nitriles is 2. The van der Waals surface area contributed by atoms with Crippen molar-refractivity contribution in [2.24, 2.45) is 5.92 Å². The lowest BCUT2D eigenvalue weighted by Crippen LogP contribution is -2.45. The number of likely N-dealkylation sites (N-methyl/N-ethyl adjacent to an activating group) is 1. The number of hydrogen-bond acceptors (Lipinski definition) is 6. The Balaban J connectivity index is 2.95. The monoisotopic (exact) mass is 333 g/mol. The van der Waals surface area contributed by atoms with Gasteiger partial charge in [0.05, 0.1) is 12.1 Å². The van der Waals surface area contributed by atoms with Crippen molar-refractivity contribution < 1.29 is 18.4 Å². The summed E-state index contributed by atoms with van der Waals surface area (Å²) in [6.45, 7) is 2.05. The fraction of sp³-hybridized carbons (Fsp3) is 0.400. The minimum atomic E-state index is -4.12. The average Bonchev–Trinajstić information content (AvgIpc) is 2.85. The highest BCUT2D eigenvalue weighted by Gasteiger charge is 2.68. The second kappa shape index (κ2) is 6.14. The molecule has 1 amide bonds. The predicted molar refractivity (Wildman–Crippen MR) is 82.5 cm³/mol. The average molecular weight is 333 g/mol. The van der Waals surface area contributed by atoms with Gasteiger partial charge in [0, 0.05) is 32.0 Å². The molecule has 0 saturated heterocycles. The van der Waals surface area contributed by atoms with Gasteiger partial charge in [0.1, 0.15) is 0 Å². The molecule has 1 aliphatic heterocycles. The van der Waals surface area contributed by atoms with Crippen LogP contribution in [0.1, 0.15) is 12.5 Å². The maximum atomic E-state index is 13.3. The van der Waals surface area contributed by atoms with Gasteiger partial charge in [0.15, 0.2) is 5.92 Å². The van der Waals surface area contributed by atoms with E-state index in [1.165, 1.54) is 4.90 Å². The third-order valence-electron chi connectivity index (χ3n) is 4.08. The molecule has 0 aliphatic carbocycles. The van der Waals surface area contributed by atoms with Crippen LogP contribution >= 0.6 is 7.60 Å². The number of rotatable bonds is 5. The number of carbonyl (C=O) groups excluding carboxylic acids is 1. The lowest BCUT2D eigenvalue weighted by molar-refractivity contribution is -0.121. The largest absolute Gasteiger partial charge is 0.352 e. The zero-order valence-electron chi connectivity index (χ0n) is 13.0. The number of para-hydroxylation sites is 1. The van der Waals surface area contributed by atoms with E-state index in [9.17, 15) is 19.9 Å². The summed E-state index contributed by atoms with van der Waals surface area (Å²) in [4.78, 5) is 14.5.